The highest BCUT2D eigenvalue weighted by Crippen LogP contribution is 2.23. The van der Waals surface area contributed by atoms with E-state index in [9.17, 15) is 4.21 Å². The minimum atomic E-state index is -2.33. The van der Waals surface area contributed by atoms with Crippen molar-refractivity contribution in [2.75, 3.05) is 0 Å². The predicted molar refractivity (Wildman–Crippen MR) is 83.1 cm³/mol. The molecule has 0 saturated heterocycles. The molecule has 0 aliphatic carbocycles. The van der Waals surface area contributed by atoms with Crippen LogP contribution in [0.5, 0.6) is 5.75 Å². The molecule has 21 heavy (non-hydrogen) atoms. The summed E-state index contributed by atoms with van der Waals surface area (Å²) >= 11 is -2.33. The van der Waals surface area contributed by atoms with Crippen molar-refractivity contribution >= 4 is 11.4 Å². The molecule has 2 aromatic rings. The maximum atomic E-state index is 10.7. The highest BCUT2D eigenvalue weighted by Gasteiger charge is 2.13. The highest BCUT2D eigenvalue weighted by molar-refractivity contribution is 7.74. The van der Waals surface area contributed by atoms with E-state index in [1.54, 1.807) is 0 Å². The molecular weight excluding hydrogens is 288 g/mol. The lowest BCUT2D eigenvalue weighted by molar-refractivity contribution is 0.00327. The Labute approximate surface area is 127 Å². The lowest BCUT2D eigenvalue weighted by Crippen LogP contribution is -2.21. The number of rotatable bonds is 7. The molecule has 2 rings (SSSR count). The first-order chi connectivity index (χ1) is 10.2. The van der Waals surface area contributed by atoms with E-state index in [2.05, 4.69) is 0 Å². The van der Waals surface area contributed by atoms with E-state index in [0.717, 1.165) is 17.5 Å². The van der Waals surface area contributed by atoms with Crippen LogP contribution >= 0.6 is 0 Å². The van der Waals surface area contributed by atoms with Gasteiger partial charge >= 0.3 is 11.4 Å². The Morgan fingerprint density at radius 2 is 1.67 bits per heavy atom. The summed E-state index contributed by atoms with van der Waals surface area (Å²) in [5.74, 6) is 0.610. The van der Waals surface area contributed by atoms with Crippen molar-refractivity contribution in [1.82, 2.24) is 0 Å². The lowest BCUT2D eigenvalue weighted by atomic mass is 10.1. The molecule has 0 radical (unpaired) electrons. The van der Waals surface area contributed by atoms with Crippen molar-refractivity contribution in [2.45, 2.75) is 26.1 Å². The van der Waals surface area contributed by atoms with Gasteiger partial charge in [0.25, 0.3) is 0 Å². The van der Waals surface area contributed by atoms with E-state index in [1.807, 2.05) is 61.5 Å². The van der Waals surface area contributed by atoms with Crippen molar-refractivity contribution in [3.05, 3.63) is 54.6 Å². The summed E-state index contributed by atoms with van der Waals surface area (Å²) in [6.45, 7) is 1.96. The van der Waals surface area contributed by atoms with Crippen molar-refractivity contribution in [2.24, 2.45) is 0 Å². The third kappa shape index (κ3) is 4.97. The topological polar surface area (TPSA) is 55.8 Å². The molecule has 1 N–H and O–H groups in total. The molecule has 0 aliphatic heterocycles. The summed E-state index contributed by atoms with van der Waals surface area (Å²) < 4.78 is 29.9. The van der Waals surface area contributed by atoms with Crippen LogP contribution in [0.25, 0.3) is 11.1 Å². The zero-order chi connectivity index (χ0) is 15.1. The molecule has 5 heteroatoms. The van der Waals surface area contributed by atoms with E-state index in [0.29, 0.717) is 12.2 Å². The van der Waals surface area contributed by atoms with Gasteiger partial charge in [0.1, 0.15) is 5.75 Å². The van der Waals surface area contributed by atoms with Crippen LogP contribution in [0.3, 0.4) is 0 Å². The summed E-state index contributed by atoms with van der Waals surface area (Å²) in [6.07, 6.45) is 0.625. The normalized spacial score (nSPS) is 13.6. The first kappa shape index (κ1) is 15.7. The van der Waals surface area contributed by atoms with Gasteiger partial charge in [-0.3, -0.25) is 4.55 Å². The second-order valence-electron chi connectivity index (χ2n) is 4.54. The fourth-order valence-corrected chi connectivity index (χ4v) is 2.28. The highest BCUT2D eigenvalue weighted by atomic mass is 32.2. The third-order valence-electron chi connectivity index (χ3n) is 2.94. The van der Waals surface area contributed by atoms with Crippen LogP contribution in [-0.4, -0.2) is 15.1 Å². The lowest BCUT2D eigenvalue weighted by Gasteiger charge is -2.16. The average Bonchev–Trinajstić information content (AvgIpc) is 2.48. The summed E-state index contributed by atoms with van der Waals surface area (Å²) in [7, 11) is 0. The number of benzene rings is 2. The van der Waals surface area contributed by atoms with Gasteiger partial charge in [-0.1, -0.05) is 55.8 Å². The Bertz CT molecular complexity index is 569. The maximum absolute atomic E-state index is 10.7. The van der Waals surface area contributed by atoms with Gasteiger partial charge in [0.05, 0.1) is 0 Å². The van der Waals surface area contributed by atoms with Gasteiger partial charge in [-0.25, -0.2) is 4.18 Å². The Morgan fingerprint density at radius 1 is 1.05 bits per heavy atom. The van der Waals surface area contributed by atoms with Crippen LogP contribution in [0.4, 0.5) is 0 Å². The van der Waals surface area contributed by atoms with Gasteiger partial charge < -0.3 is 4.74 Å². The van der Waals surface area contributed by atoms with Gasteiger partial charge in [0.2, 0.25) is 6.29 Å². The summed E-state index contributed by atoms with van der Waals surface area (Å²) in [6, 6.07) is 17.6. The summed E-state index contributed by atoms with van der Waals surface area (Å²) in [4.78, 5) is 0. The maximum Gasteiger partial charge on any atom is 0.305 e. The standard InChI is InChI=1S/C16H18O4S/c1-2-6-16(20-21(17)18)19-15-11-9-14(10-12-15)13-7-4-3-5-8-13/h3-5,7-12,16H,2,6H2,1H3,(H,17,18). The first-order valence-electron chi connectivity index (χ1n) is 6.79. The molecule has 0 heterocycles. The first-order valence-corrected chi connectivity index (χ1v) is 7.82. The smallest absolute Gasteiger partial charge is 0.305 e. The van der Waals surface area contributed by atoms with E-state index in [-0.39, 0.29) is 0 Å². The van der Waals surface area contributed by atoms with E-state index >= 15 is 0 Å². The van der Waals surface area contributed by atoms with Crippen LogP contribution in [-0.2, 0) is 15.5 Å². The molecule has 4 nitrogen and oxygen atoms in total. The number of ether oxygens (including phenoxy) is 1. The Kier molecular flexibility index (Phi) is 5.92. The molecule has 2 aromatic carbocycles. The van der Waals surface area contributed by atoms with E-state index in [1.165, 1.54) is 0 Å². The molecule has 0 saturated carbocycles. The van der Waals surface area contributed by atoms with Gasteiger partial charge in [-0.15, -0.1) is 0 Å². The molecule has 0 aromatic heterocycles. The SMILES string of the molecule is CCCC(Oc1ccc(-c2ccccc2)cc1)OS(=O)O. The minimum Gasteiger partial charge on any atom is -0.464 e. The van der Waals surface area contributed by atoms with Crippen molar-refractivity contribution in [1.29, 1.82) is 0 Å². The Hall–Kier alpha value is -1.69. The summed E-state index contributed by atoms with van der Waals surface area (Å²) in [5.41, 5.74) is 2.21. The van der Waals surface area contributed by atoms with Crippen molar-refractivity contribution < 1.29 is 17.7 Å². The van der Waals surface area contributed by atoms with Crippen LogP contribution in [0, 0.1) is 0 Å². The van der Waals surface area contributed by atoms with Crippen LogP contribution < -0.4 is 4.74 Å². The van der Waals surface area contributed by atoms with Crippen molar-refractivity contribution in [3.8, 4) is 16.9 Å². The second kappa shape index (κ2) is 7.93. The van der Waals surface area contributed by atoms with Gasteiger partial charge in [-0.05, 0) is 23.3 Å². The molecule has 0 amide bonds. The molecule has 0 fully saturated rings. The monoisotopic (exact) mass is 306 g/mol. The fraction of sp³-hybridized carbons (Fsp3) is 0.250. The van der Waals surface area contributed by atoms with E-state index in [4.69, 9.17) is 13.5 Å². The molecule has 2 atom stereocenters. The van der Waals surface area contributed by atoms with Gasteiger partial charge in [0.15, 0.2) is 0 Å². The quantitative estimate of drug-likeness (QED) is 0.620. The Balaban J connectivity index is 2.06. The molecule has 112 valence electrons. The van der Waals surface area contributed by atoms with Crippen LogP contribution in [0.2, 0.25) is 0 Å². The van der Waals surface area contributed by atoms with Crippen molar-refractivity contribution in [3.63, 3.8) is 0 Å². The van der Waals surface area contributed by atoms with Crippen LogP contribution in [0.15, 0.2) is 54.6 Å². The molecule has 2 unspecified atom stereocenters. The number of hydrogen-bond donors (Lipinski definition) is 1. The largest absolute Gasteiger partial charge is 0.464 e. The summed E-state index contributed by atoms with van der Waals surface area (Å²) in [5, 5.41) is 0. The molecule has 0 aliphatic rings. The third-order valence-corrected chi connectivity index (χ3v) is 3.32. The second-order valence-corrected chi connectivity index (χ2v) is 5.17. The average molecular weight is 306 g/mol. The van der Waals surface area contributed by atoms with Crippen LogP contribution in [0.1, 0.15) is 19.8 Å². The minimum absolute atomic E-state index is 0.548. The Morgan fingerprint density at radius 3 is 2.24 bits per heavy atom. The van der Waals surface area contributed by atoms with Gasteiger partial charge in [-0.2, -0.15) is 4.21 Å². The molecular formula is C16H18O4S. The number of hydrogen-bond acceptors (Lipinski definition) is 3. The van der Waals surface area contributed by atoms with Gasteiger partial charge in [0, 0.05) is 6.42 Å². The molecule has 0 spiro atoms. The van der Waals surface area contributed by atoms with E-state index < -0.39 is 17.7 Å². The molecule has 0 bridgehead atoms. The fourth-order valence-electron chi connectivity index (χ4n) is 1.96. The zero-order valence-corrected chi connectivity index (χ0v) is 12.6. The predicted octanol–water partition coefficient (Wildman–Crippen LogP) is 4.01. The zero-order valence-electron chi connectivity index (χ0n) is 11.8.